The third kappa shape index (κ3) is 11.2. The third-order valence-corrected chi connectivity index (χ3v) is 4.83. The van der Waals surface area contributed by atoms with Crippen molar-refractivity contribution in [3.8, 4) is 0 Å². The summed E-state index contributed by atoms with van der Waals surface area (Å²) < 4.78 is 5.51. The Labute approximate surface area is 201 Å². The number of nitrogens with two attached hydrogens (primary N) is 1. The second-order valence-corrected chi connectivity index (χ2v) is 7.73. The molecule has 0 radical (unpaired) electrons. The minimum Gasteiger partial charge on any atom is -0.481 e. The molecule has 9 N–H and O–H groups in total. The molecule has 0 saturated heterocycles. The molecule has 35 heavy (non-hydrogen) atoms. The molecule has 0 aliphatic rings. The number of nitrogens with one attached hydrogen (secondary N) is 3. The molecule has 0 aromatic carbocycles. The Bertz CT molecular complexity index is 763. The van der Waals surface area contributed by atoms with Crippen molar-refractivity contribution in [3.05, 3.63) is 0 Å². The summed E-state index contributed by atoms with van der Waals surface area (Å²) in [6, 6.07) is -4.02. The Morgan fingerprint density at radius 2 is 1.66 bits per heavy atom. The molecule has 0 aliphatic heterocycles. The molecule has 0 rings (SSSR count). The molecule has 0 aliphatic carbocycles. The molecule has 7 atom stereocenters. The number of rotatable bonds is 17. The maximum Gasteiger partial charge on any atom is 0.303 e. The van der Waals surface area contributed by atoms with Gasteiger partial charge in [-0.05, 0) is 19.8 Å². The summed E-state index contributed by atoms with van der Waals surface area (Å²) in [6.45, 7) is 2.95. The van der Waals surface area contributed by atoms with E-state index in [-0.39, 0.29) is 19.1 Å². The first-order chi connectivity index (χ1) is 16.3. The van der Waals surface area contributed by atoms with Crippen molar-refractivity contribution in [2.45, 2.75) is 82.6 Å². The van der Waals surface area contributed by atoms with E-state index in [1.807, 2.05) is 0 Å². The Kier molecular flexibility index (Phi) is 14.3. The monoisotopic (exact) mass is 506 g/mol. The van der Waals surface area contributed by atoms with Gasteiger partial charge in [-0.25, -0.2) is 0 Å². The lowest BCUT2D eigenvalue weighted by atomic mass is 10.0. The van der Waals surface area contributed by atoms with Crippen molar-refractivity contribution >= 4 is 35.9 Å². The summed E-state index contributed by atoms with van der Waals surface area (Å²) in [5.74, 6) is -4.56. The second-order valence-electron chi connectivity index (χ2n) is 7.73. The summed E-state index contributed by atoms with van der Waals surface area (Å²) >= 11 is 0. The summed E-state index contributed by atoms with van der Waals surface area (Å²) in [5, 5.41) is 44.7. The zero-order chi connectivity index (χ0) is 27.3. The Hall–Kier alpha value is -3.14. The number of hydrogen-bond donors (Lipinski definition) is 8. The van der Waals surface area contributed by atoms with Crippen molar-refractivity contribution in [1.82, 2.24) is 16.0 Å². The predicted molar refractivity (Wildman–Crippen MR) is 117 cm³/mol. The van der Waals surface area contributed by atoms with Gasteiger partial charge in [0.1, 0.15) is 48.8 Å². The van der Waals surface area contributed by atoms with Crippen molar-refractivity contribution in [2.75, 3.05) is 6.61 Å². The van der Waals surface area contributed by atoms with Crippen LogP contribution in [0.4, 0.5) is 0 Å². The van der Waals surface area contributed by atoms with Crippen LogP contribution in [0, 0.1) is 0 Å². The molecule has 0 unspecified atom stereocenters. The lowest BCUT2D eigenvalue weighted by molar-refractivity contribution is -0.160. The van der Waals surface area contributed by atoms with E-state index >= 15 is 0 Å². The highest BCUT2D eigenvalue weighted by atomic mass is 16.5. The van der Waals surface area contributed by atoms with Gasteiger partial charge >= 0.3 is 5.97 Å². The first-order valence-electron chi connectivity index (χ1n) is 10.8. The average Bonchev–Trinajstić information content (AvgIpc) is 2.79. The molecule has 0 aromatic heterocycles. The number of hydrogen-bond acceptors (Lipinski definition) is 10. The van der Waals surface area contributed by atoms with Crippen LogP contribution in [0.1, 0.15) is 40.0 Å². The minimum absolute atomic E-state index is 0.0349. The van der Waals surface area contributed by atoms with Crippen LogP contribution in [-0.4, -0.2) is 105 Å². The third-order valence-electron chi connectivity index (χ3n) is 4.83. The Balaban J connectivity index is 5.45. The first kappa shape index (κ1) is 31.9. The first-order valence-corrected chi connectivity index (χ1v) is 10.8. The van der Waals surface area contributed by atoms with Crippen LogP contribution in [0.2, 0.25) is 0 Å². The fourth-order valence-electron chi connectivity index (χ4n) is 2.89. The lowest BCUT2D eigenvalue weighted by Gasteiger charge is -2.33. The summed E-state index contributed by atoms with van der Waals surface area (Å²) in [6.07, 6.45) is -7.18. The maximum absolute atomic E-state index is 12.7. The van der Waals surface area contributed by atoms with E-state index in [0.29, 0.717) is 0 Å². The van der Waals surface area contributed by atoms with E-state index in [9.17, 15) is 39.0 Å². The normalized spacial score (nSPS) is 17.0. The highest BCUT2D eigenvalue weighted by Gasteiger charge is 2.37. The average molecular weight is 507 g/mol. The summed E-state index contributed by atoms with van der Waals surface area (Å²) in [5.41, 5.74) is 5.16. The molecule has 15 nitrogen and oxygen atoms in total. The van der Waals surface area contributed by atoms with Gasteiger partial charge < -0.3 is 51.6 Å². The molecule has 4 amide bonds. The van der Waals surface area contributed by atoms with Crippen LogP contribution >= 0.6 is 0 Å². The molecule has 0 fully saturated rings. The standard InChI is InChI=1S/C20H34N4O11/c1-4-14(35-17(16(31)13(28)8-26)12(7-25)23-10(3)27)20(34)22-9(2)19(33)24-11(18(21)32)5-6-15(29)30/h7,9,11-14,16-17,26,28,31H,4-6,8H2,1-3H3,(H2,21,32)(H,22,34)(H,23,27)(H,24,33)(H,29,30)/t9-,11+,12-,13+,14+,16+,17+/m0/s1. The number of carboxylic acids is 1. The van der Waals surface area contributed by atoms with Crippen LogP contribution in [0.5, 0.6) is 0 Å². The van der Waals surface area contributed by atoms with Crippen molar-refractivity contribution in [3.63, 3.8) is 0 Å². The molecule has 0 bridgehead atoms. The van der Waals surface area contributed by atoms with E-state index in [4.69, 9.17) is 20.7 Å². The minimum atomic E-state index is -1.88. The number of aldehydes is 1. The fraction of sp³-hybridized carbons (Fsp3) is 0.700. The Morgan fingerprint density at radius 1 is 1.06 bits per heavy atom. The van der Waals surface area contributed by atoms with Gasteiger partial charge in [0, 0.05) is 13.3 Å². The van der Waals surface area contributed by atoms with Gasteiger partial charge in [-0.1, -0.05) is 6.92 Å². The second kappa shape index (κ2) is 15.7. The number of primary amides is 1. The summed E-state index contributed by atoms with van der Waals surface area (Å²) in [7, 11) is 0. The van der Waals surface area contributed by atoms with Gasteiger partial charge in [-0.2, -0.15) is 0 Å². The van der Waals surface area contributed by atoms with Crippen LogP contribution in [0.15, 0.2) is 0 Å². The molecular weight excluding hydrogens is 472 g/mol. The van der Waals surface area contributed by atoms with E-state index in [1.54, 1.807) is 0 Å². The lowest BCUT2D eigenvalue weighted by Crippen LogP contribution is -2.57. The smallest absolute Gasteiger partial charge is 0.303 e. The Morgan fingerprint density at radius 3 is 2.09 bits per heavy atom. The van der Waals surface area contributed by atoms with E-state index < -0.39 is 85.2 Å². The van der Waals surface area contributed by atoms with E-state index in [1.165, 1.54) is 13.8 Å². The number of carbonyl (C=O) groups excluding carboxylic acids is 5. The van der Waals surface area contributed by atoms with Crippen molar-refractivity contribution < 1.29 is 53.9 Å². The molecule has 0 saturated carbocycles. The van der Waals surface area contributed by atoms with Crippen molar-refractivity contribution in [2.24, 2.45) is 5.73 Å². The van der Waals surface area contributed by atoms with Crippen molar-refractivity contribution in [1.29, 1.82) is 0 Å². The van der Waals surface area contributed by atoms with Gasteiger partial charge in [0.15, 0.2) is 0 Å². The number of carboxylic acid groups (broad SMARTS) is 1. The van der Waals surface area contributed by atoms with Crippen LogP contribution in [-0.2, 0) is 33.5 Å². The van der Waals surface area contributed by atoms with Gasteiger partial charge in [0.05, 0.1) is 6.61 Å². The zero-order valence-corrected chi connectivity index (χ0v) is 19.7. The molecular formula is C20H34N4O11. The van der Waals surface area contributed by atoms with E-state index in [2.05, 4.69) is 16.0 Å². The molecule has 200 valence electrons. The number of aliphatic hydroxyl groups excluding tert-OH is 3. The number of amides is 4. The number of aliphatic hydroxyl groups is 3. The van der Waals surface area contributed by atoms with Gasteiger partial charge in [0.2, 0.25) is 23.6 Å². The highest BCUT2D eigenvalue weighted by molar-refractivity contribution is 5.92. The number of aliphatic carboxylic acids is 1. The fourth-order valence-corrected chi connectivity index (χ4v) is 2.89. The van der Waals surface area contributed by atoms with Gasteiger partial charge in [-0.3, -0.25) is 24.0 Å². The maximum atomic E-state index is 12.7. The number of carbonyl (C=O) groups is 6. The van der Waals surface area contributed by atoms with Gasteiger partial charge in [0.25, 0.3) is 0 Å². The van der Waals surface area contributed by atoms with Crippen LogP contribution in [0.25, 0.3) is 0 Å². The molecule has 0 aromatic rings. The topological polar surface area (TPSA) is 255 Å². The highest BCUT2D eigenvalue weighted by Crippen LogP contribution is 2.14. The van der Waals surface area contributed by atoms with Crippen LogP contribution < -0.4 is 21.7 Å². The quantitative estimate of drug-likeness (QED) is 0.0880. The largest absolute Gasteiger partial charge is 0.481 e. The zero-order valence-electron chi connectivity index (χ0n) is 19.7. The molecule has 0 heterocycles. The van der Waals surface area contributed by atoms with Crippen LogP contribution in [0.3, 0.4) is 0 Å². The number of ether oxygens (including phenoxy) is 1. The summed E-state index contributed by atoms with van der Waals surface area (Å²) in [4.78, 5) is 70.1. The van der Waals surface area contributed by atoms with E-state index in [0.717, 1.165) is 6.92 Å². The molecule has 0 spiro atoms. The SMILES string of the molecule is CC[C@@H](O[C@@H]([C@H](O)[C@H](O)CO)[C@H](C=O)NC(C)=O)C(=O)N[C@@H](C)C(=O)N[C@H](CCC(=O)O)C(N)=O. The van der Waals surface area contributed by atoms with Gasteiger partial charge in [-0.15, -0.1) is 0 Å². The predicted octanol–water partition coefficient (Wildman–Crippen LogP) is -4.09. The molecule has 15 heteroatoms.